The van der Waals surface area contributed by atoms with E-state index < -0.39 is 0 Å². The van der Waals surface area contributed by atoms with Crippen LogP contribution >= 0.6 is 12.2 Å². The van der Waals surface area contributed by atoms with Crippen molar-refractivity contribution in [1.82, 2.24) is 20.1 Å². The molecule has 1 heterocycles. The van der Waals surface area contributed by atoms with Gasteiger partial charge in [-0.1, -0.05) is 36.8 Å². The molecule has 0 aliphatic heterocycles. The molecule has 5 nitrogen and oxygen atoms in total. The van der Waals surface area contributed by atoms with Gasteiger partial charge in [0, 0.05) is 6.54 Å². The molecule has 2 rings (SSSR count). The Morgan fingerprint density at radius 1 is 1.40 bits per heavy atom. The predicted octanol–water partition coefficient (Wildman–Crippen LogP) is 2.33. The van der Waals surface area contributed by atoms with Crippen LogP contribution in [0, 0.1) is 6.92 Å². The highest BCUT2D eigenvalue weighted by molar-refractivity contribution is 7.80. The lowest BCUT2D eigenvalue weighted by molar-refractivity contribution is 0.687. The molecule has 6 heteroatoms. The van der Waals surface area contributed by atoms with Crippen molar-refractivity contribution in [2.75, 3.05) is 11.9 Å². The van der Waals surface area contributed by atoms with Crippen molar-refractivity contribution in [2.24, 2.45) is 0 Å². The van der Waals surface area contributed by atoms with Gasteiger partial charge < -0.3 is 5.32 Å². The van der Waals surface area contributed by atoms with Gasteiger partial charge in [-0.2, -0.15) is 0 Å². The lowest BCUT2D eigenvalue weighted by Crippen LogP contribution is -2.29. The minimum absolute atomic E-state index is 0.520. The fourth-order valence-electron chi connectivity index (χ4n) is 1.81. The molecule has 0 aliphatic rings. The molecule has 106 valence electrons. The van der Waals surface area contributed by atoms with Crippen molar-refractivity contribution < 1.29 is 0 Å². The average Bonchev–Trinajstić information content (AvgIpc) is 2.83. The highest BCUT2D eigenvalue weighted by atomic mass is 32.1. The van der Waals surface area contributed by atoms with Crippen LogP contribution in [-0.2, 0) is 6.54 Å². The van der Waals surface area contributed by atoms with Crippen molar-refractivity contribution in [1.29, 1.82) is 0 Å². The van der Waals surface area contributed by atoms with Gasteiger partial charge in [-0.25, -0.2) is 9.67 Å². The van der Waals surface area contributed by atoms with Gasteiger partial charge in [0.1, 0.15) is 6.33 Å². The molecule has 0 aliphatic carbocycles. The van der Waals surface area contributed by atoms with Crippen LogP contribution in [0.3, 0.4) is 0 Å². The largest absolute Gasteiger partial charge is 0.362 e. The van der Waals surface area contributed by atoms with Gasteiger partial charge >= 0.3 is 0 Å². The SMILES string of the molecule is CCCNC(=S)Nc1ncn(Cc2cccc(C)c2)n1. The summed E-state index contributed by atoms with van der Waals surface area (Å²) in [6, 6.07) is 8.34. The van der Waals surface area contributed by atoms with Crippen LogP contribution in [0.4, 0.5) is 5.95 Å². The summed E-state index contributed by atoms with van der Waals surface area (Å²) in [6.45, 7) is 5.71. The number of nitrogens with zero attached hydrogens (tertiary/aromatic N) is 3. The van der Waals surface area contributed by atoms with Gasteiger partial charge in [0.25, 0.3) is 0 Å². The summed E-state index contributed by atoms with van der Waals surface area (Å²) in [4.78, 5) is 4.20. The first-order valence-corrected chi connectivity index (χ1v) is 7.08. The van der Waals surface area contributed by atoms with E-state index in [1.165, 1.54) is 11.1 Å². The van der Waals surface area contributed by atoms with E-state index in [-0.39, 0.29) is 0 Å². The highest BCUT2D eigenvalue weighted by Crippen LogP contribution is 2.06. The van der Waals surface area contributed by atoms with Crippen LogP contribution in [0.15, 0.2) is 30.6 Å². The van der Waals surface area contributed by atoms with Gasteiger partial charge in [-0.05, 0) is 31.1 Å². The molecule has 1 aromatic heterocycles. The zero-order chi connectivity index (χ0) is 14.4. The third kappa shape index (κ3) is 4.31. The fraction of sp³-hybridized carbons (Fsp3) is 0.357. The number of nitrogens with one attached hydrogen (secondary N) is 2. The van der Waals surface area contributed by atoms with Gasteiger partial charge in [0.05, 0.1) is 6.54 Å². The van der Waals surface area contributed by atoms with Crippen LogP contribution in [0.2, 0.25) is 0 Å². The lowest BCUT2D eigenvalue weighted by atomic mass is 10.1. The number of aromatic nitrogens is 3. The van der Waals surface area contributed by atoms with Crippen LogP contribution in [-0.4, -0.2) is 26.4 Å². The summed E-state index contributed by atoms with van der Waals surface area (Å²) < 4.78 is 1.79. The molecule has 0 fully saturated rings. The highest BCUT2D eigenvalue weighted by Gasteiger charge is 2.03. The zero-order valence-electron chi connectivity index (χ0n) is 11.8. The third-order valence-electron chi connectivity index (χ3n) is 2.72. The van der Waals surface area contributed by atoms with E-state index in [1.54, 1.807) is 11.0 Å². The Labute approximate surface area is 124 Å². The lowest BCUT2D eigenvalue weighted by Gasteiger charge is -2.05. The molecule has 20 heavy (non-hydrogen) atoms. The number of rotatable bonds is 5. The second-order valence-corrected chi connectivity index (χ2v) is 5.04. The number of hydrogen-bond donors (Lipinski definition) is 2. The molecule has 0 bridgehead atoms. The van der Waals surface area contributed by atoms with Crippen molar-refractivity contribution in [3.63, 3.8) is 0 Å². The first kappa shape index (κ1) is 14.5. The molecule has 0 saturated carbocycles. The second kappa shape index (κ2) is 7.00. The van der Waals surface area contributed by atoms with Crippen molar-refractivity contribution in [2.45, 2.75) is 26.8 Å². The quantitative estimate of drug-likeness (QED) is 0.827. The Kier molecular flexibility index (Phi) is 5.06. The number of benzene rings is 1. The fourth-order valence-corrected chi connectivity index (χ4v) is 2.00. The maximum absolute atomic E-state index is 5.15. The predicted molar refractivity (Wildman–Crippen MR) is 84.8 cm³/mol. The minimum Gasteiger partial charge on any atom is -0.362 e. The molecule has 1 aromatic carbocycles. The maximum atomic E-state index is 5.15. The van der Waals surface area contributed by atoms with E-state index >= 15 is 0 Å². The molecule has 0 unspecified atom stereocenters. The van der Waals surface area contributed by atoms with E-state index in [2.05, 4.69) is 52.8 Å². The molecule has 0 atom stereocenters. The van der Waals surface area contributed by atoms with Crippen molar-refractivity contribution in [3.8, 4) is 0 Å². The van der Waals surface area contributed by atoms with Crippen LogP contribution in [0.5, 0.6) is 0 Å². The van der Waals surface area contributed by atoms with E-state index in [0.29, 0.717) is 17.6 Å². The topological polar surface area (TPSA) is 54.8 Å². The van der Waals surface area contributed by atoms with Crippen LogP contribution in [0.25, 0.3) is 0 Å². The summed E-state index contributed by atoms with van der Waals surface area (Å²) >= 11 is 5.15. The van der Waals surface area contributed by atoms with E-state index in [9.17, 15) is 0 Å². The molecule has 0 amide bonds. The third-order valence-corrected chi connectivity index (χ3v) is 2.97. The van der Waals surface area contributed by atoms with E-state index in [1.807, 2.05) is 6.07 Å². The molecule has 2 N–H and O–H groups in total. The second-order valence-electron chi connectivity index (χ2n) is 4.64. The Balaban J connectivity index is 1.93. The molecule has 2 aromatic rings. The smallest absolute Gasteiger partial charge is 0.248 e. The van der Waals surface area contributed by atoms with Gasteiger partial charge in [-0.15, -0.1) is 5.10 Å². The Morgan fingerprint density at radius 3 is 3.00 bits per heavy atom. The number of hydrogen-bond acceptors (Lipinski definition) is 3. The molecular formula is C14H19N5S. The van der Waals surface area contributed by atoms with Crippen LogP contribution < -0.4 is 10.6 Å². The summed E-state index contributed by atoms with van der Waals surface area (Å²) in [5.41, 5.74) is 2.44. The summed E-state index contributed by atoms with van der Waals surface area (Å²) in [5, 5.41) is 11.0. The zero-order valence-corrected chi connectivity index (χ0v) is 12.6. The standard InChI is InChI=1S/C14H19N5S/c1-3-7-15-14(20)17-13-16-10-19(18-13)9-12-6-4-5-11(2)8-12/h4-6,8,10H,3,7,9H2,1-2H3,(H2,15,17,18,20). The minimum atomic E-state index is 0.520. The average molecular weight is 289 g/mol. The Bertz CT molecular complexity index is 578. The normalized spacial score (nSPS) is 10.3. The van der Waals surface area contributed by atoms with Gasteiger partial charge in [-0.3, -0.25) is 5.32 Å². The molecular weight excluding hydrogens is 270 g/mol. The monoisotopic (exact) mass is 289 g/mol. The van der Waals surface area contributed by atoms with Gasteiger partial charge in [0.15, 0.2) is 5.11 Å². The molecule has 0 radical (unpaired) electrons. The number of thiocarbonyl (C=S) groups is 1. The van der Waals surface area contributed by atoms with Gasteiger partial charge in [0.2, 0.25) is 5.95 Å². The summed E-state index contributed by atoms with van der Waals surface area (Å²) in [5.74, 6) is 0.520. The number of anilines is 1. The number of aryl methyl sites for hydroxylation is 1. The van der Waals surface area contributed by atoms with E-state index in [4.69, 9.17) is 12.2 Å². The first-order valence-electron chi connectivity index (χ1n) is 6.67. The summed E-state index contributed by atoms with van der Waals surface area (Å²) in [6.07, 6.45) is 2.73. The maximum Gasteiger partial charge on any atom is 0.248 e. The Hall–Kier alpha value is -1.95. The van der Waals surface area contributed by atoms with Crippen LogP contribution in [0.1, 0.15) is 24.5 Å². The summed E-state index contributed by atoms with van der Waals surface area (Å²) in [7, 11) is 0. The Morgan fingerprint density at radius 2 is 2.25 bits per heavy atom. The first-order chi connectivity index (χ1) is 9.67. The van der Waals surface area contributed by atoms with Crippen molar-refractivity contribution >= 4 is 23.3 Å². The van der Waals surface area contributed by atoms with Crippen molar-refractivity contribution in [3.05, 3.63) is 41.7 Å². The van der Waals surface area contributed by atoms with E-state index in [0.717, 1.165) is 13.0 Å². The molecule has 0 spiro atoms. The molecule has 0 saturated heterocycles.